The molecule has 0 aliphatic heterocycles. The normalized spacial score (nSPS) is 13.0. The molecular weight excluding hydrogens is 592 g/mol. The molecule has 0 saturated carbocycles. The van der Waals surface area contributed by atoms with Crippen molar-refractivity contribution in [2.45, 2.75) is 25.7 Å². The second-order valence-electron chi connectivity index (χ2n) is 13.0. The zero-order chi connectivity index (χ0) is 32.5. The quantitative estimate of drug-likeness (QED) is 0.135. The number of hydrogen-bond donors (Lipinski definition) is 4. The highest BCUT2D eigenvalue weighted by atomic mass is 16.3. The van der Waals surface area contributed by atoms with Crippen LogP contribution < -0.4 is 0 Å². The number of rotatable bonds is 0. The molecule has 9 rings (SSSR count). The van der Waals surface area contributed by atoms with Crippen molar-refractivity contribution in [2.24, 2.45) is 0 Å². The van der Waals surface area contributed by atoms with Gasteiger partial charge in [0.2, 0.25) is 0 Å². The van der Waals surface area contributed by atoms with Gasteiger partial charge < -0.3 is 20.4 Å². The van der Waals surface area contributed by atoms with Gasteiger partial charge in [0.1, 0.15) is 23.0 Å². The first-order chi connectivity index (χ1) is 23.4. The molecule has 0 heterocycles. The summed E-state index contributed by atoms with van der Waals surface area (Å²) < 4.78 is 0. The van der Waals surface area contributed by atoms with Crippen LogP contribution in [0.2, 0.25) is 0 Å². The molecule has 4 nitrogen and oxygen atoms in total. The zero-order valence-corrected chi connectivity index (χ0v) is 26.2. The van der Waals surface area contributed by atoms with Gasteiger partial charge in [0.25, 0.3) is 0 Å². The lowest BCUT2D eigenvalue weighted by Crippen LogP contribution is -2.03. The van der Waals surface area contributed by atoms with Gasteiger partial charge in [0.05, 0.1) is 0 Å². The Morgan fingerprint density at radius 1 is 0.292 bits per heavy atom. The third kappa shape index (κ3) is 4.37. The summed E-state index contributed by atoms with van der Waals surface area (Å²) in [6.45, 7) is 0. The molecule has 8 bridgehead atoms. The Morgan fingerprint density at radius 3 is 0.729 bits per heavy atom. The van der Waals surface area contributed by atoms with E-state index in [1.807, 2.05) is 121 Å². The lowest BCUT2D eigenvalue weighted by molar-refractivity contribution is 0.452. The lowest BCUT2D eigenvalue weighted by atomic mass is 9.85. The lowest BCUT2D eigenvalue weighted by Gasteiger charge is -2.21. The van der Waals surface area contributed by atoms with Crippen molar-refractivity contribution in [3.8, 4) is 23.0 Å². The fourth-order valence-corrected chi connectivity index (χ4v) is 7.92. The zero-order valence-electron chi connectivity index (χ0n) is 26.2. The van der Waals surface area contributed by atoms with E-state index < -0.39 is 0 Å². The summed E-state index contributed by atoms with van der Waals surface area (Å²) in [7, 11) is 0. The molecule has 8 aromatic rings. The van der Waals surface area contributed by atoms with Crippen LogP contribution in [-0.4, -0.2) is 20.4 Å². The van der Waals surface area contributed by atoms with Gasteiger partial charge in [0.15, 0.2) is 0 Å². The number of benzene rings is 8. The fraction of sp³-hybridized carbons (Fsp3) is 0.0909. The van der Waals surface area contributed by atoms with Gasteiger partial charge in [-0.25, -0.2) is 0 Å². The Kier molecular flexibility index (Phi) is 6.34. The van der Waals surface area contributed by atoms with Gasteiger partial charge in [-0.2, -0.15) is 0 Å². The first-order valence-electron chi connectivity index (χ1n) is 16.3. The van der Waals surface area contributed by atoms with E-state index in [0.29, 0.717) is 47.9 Å². The number of aromatic hydroxyl groups is 4. The molecular formula is C44H32O4. The maximum atomic E-state index is 12.0. The van der Waals surface area contributed by atoms with E-state index in [1.54, 1.807) is 0 Å². The number of phenols is 4. The fourth-order valence-electron chi connectivity index (χ4n) is 7.92. The molecule has 0 radical (unpaired) electrons. The van der Waals surface area contributed by atoms with E-state index >= 15 is 0 Å². The van der Waals surface area contributed by atoms with Crippen LogP contribution in [0.3, 0.4) is 0 Å². The van der Waals surface area contributed by atoms with Crippen LogP contribution in [-0.2, 0) is 25.7 Å². The highest BCUT2D eigenvalue weighted by Gasteiger charge is 2.24. The topological polar surface area (TPSA) is 80.9 Å². The van der Waals surface area contributed by atoms with Crippen molar-refractivity contribution in [3.63, 3.8) is 0 Å². The second-order valence-corrected chi connectivity index (χ2v) is 13.0. The van der Waals surface area contributed by atoms with Gasteiger partial charge in [-0.3, -0.25) is 0 Å². The van der Waals surface area contributed by atoms with Crippen molar-refractivity contribution in [1.82, 2.24) is 0 Å². The van der Waals surface area contributed by atoms with E-state index in [0.717, 1.165) is 65.3 Å². The van der Waals surface area contributed by atoms with Crippen molar-refractivity contribution < 1.29 is 20.4 Å². The molecule has 4 N–H and O–H groups in total. The third-order valence-corrected chi connectivity index (χ3v) is 10.3. The number of hydrogen-bond acceptors (Lipinski definition) is 4. The van der Waals surface area contributed by atoms with Crippen molar-refractivity contribution >= 4 is 43.1 Å². The van der Waals surface area contributed by atoms with Gasteiger partial charge in [-0.05, 0) is 89.6 Å². The van der Waals surface area contributed by atoms with Crippen LogP contribution in [0.4, 0.5) is 0 Å². The Labute approximate surface area is 277 Å². The summed E-state index contributed by atoms with van der Waals surface area (Å²) in [5.41, 5.74) is 5.69. The van der Waals surface area contributed by atoms with E-state index in [9.17, 15) is 20.4 Å². The first-order valence-corrected chi connectivity index (χ1v) is 16.3. The molecule has 232 valence electrons. The van der Waals surface area contributed by atoms with E-state index in [2.05, 4.69) is 0 Å². The smallest absolute Gasteiger partial charge is 0.123 e. The molecule has 0 atom stereocenters. The Balaban J connectivity index is 1.40. The molecule has 1 aliphatic carbocycles. The molecule has 0 amide bonds. The van der Waals surface area contributed by atoms with Crippen LogP contribution in [0, 0.1) is 0 Å². The summed E-state index contributed by atoms with van der Waals surface area (Å²) in [6, 6.07) is 40.0. The van der Waals surface area contributed by atoms with Crippen molar-refractivity contribution in [1.29, 1.82) is 0 Å². The summed E-state index contributed by atoms with van der Waals surface area (Å²) in [5.74, 6) is 0.658. The monoisotopic (exact) mass is 624 g/mol. The van der Waals surface area contributed by atoms with Crippen LogP contribution in [0.15, 0.2) is 121 Å². The molecule has 4 heteroatoms. The molecule has 48 heavy (non-hydrogen) atoms. The highest BCUT2D eigenvalue weighted by molar-refractivity contribution is 5.95. The van der Waals surface area contributed by atoms with Crippen LogP contribution in [0.5, 0.6) is 23.0 Å². The van der Waals surface area contributed by atoms with Crippen LogP contribution in [0.1, 0.15) is 44.5 Å². The highest BCUT2D eigenvalue weighted by Crippen LogP contribution is 2.44. The minimum Gasteiger partial charge on any atom is -0.507 e. The minimum atomic E-state index is 0.164. The number of phenolic OH excluding ortho intramolecular Hbond substituents is 4. The SMILES string of the molecule is Oc1c2cc3ccccc3c1Cc1cc3ccccc3c(c1O)Cc1cc3ccccc3c(c1O)Cc1cc3ccccc3c(c1O)C2. The largest absolute Gasteiger partial charge is 0.507 e. The molecule has 8 aromatic carbocycles. The van der Waals surface area contributed by atoms with E-state index in [-0.39, 0.29) is 23.0 Å². The molecule has 1 aliphatic rings. The average molecular weight is 625 g/mol. The molecule has 0 unspecified atom stereocenters. The predicted molar refractivity (Wildman–Crippen MR) is 194 cm³/mol. The Morgan fingerprint density at radius 2 is 0.500 bits per heavy atom. The predicted octanol–water partition coefficient (Wildman–Crippen LogP) is 9.80. The third-order valence-electron chi connectivity index (χ3n) is 10.3. The molecule has 0 aromatic heterocycles. The van der Waals surface area contributed by atoms with Crippen LogP contribution in [0.25, 0.3) is 43.1 Å². The van der Waals surface area contributed by atoms with Gasteiger partial charge >= 0.3 is 0 Å². The average Bonchev–Trinajstić information content (AvgIpc) is 3.11. The van der Waals surface area contributed by atoms with E-state index in [1.165, 1.54) is 0 Å². The summed E-state index contributed by atoms with van der Waals surface area (Å²) in [5, 5.41) is 55.8. The van der Waals surface area contributed by atoms with Gasteiger partial charge in [-0.1, -0.05) is 97.1 Å². The molecule has 0 saturated heterocycles. The standard InChI is InChI=1S/C44H32O4/c45-41-29-17-25-9-1-5-13-33(25)37(41)22-30-18-26-10-3-7-15-35(26)39(42(30)46)24-32-20-28-12-4-8-16-36(28)40(44(32)48)23-31-19-27-11-2-6-14-34(27)38(21-29)43(31)47/h1-20,45-48H,21-24H2. The Bertz CT molecular complexity index is 2250. The van der Waals surface area contributed by atoms with Crippen LogP contribution >= 0.6 is 0 Å². The van der Waals surface area contributed by atoms with Crippen molar-refractivity contribution in [2.75, 3.05) is 0 Å². The first kappa shape index (κ1) is 28.2. The van der Waals surface area contributed by atoms with E-state index in [4.69, 9.17) is 0 Å². The van der Waals surface area contributed by atoms with Gasteiger partial charge in [0, 0.05) is 47.9 Å². The summed E-state index contributed by atoms with van der Waals surface area (Å²) in [4.78, 5) is 0. The summed E-state index contributed by atoms with van der Waals surface area (Å²) in [6.07, 6.45) is 1.19. The minimum absolute atomic E-state index is 0.164. The molecule has 0 spiro atoms. The number of fused-ring (bicyclic) bond motifs is 16. The molecule has 0 fully saturated rings. The second kappa shape index (κ2) is 10.8. The maximum Gasteiger partial charge on any atom is 0.123 e. The Hall–Kier alpha value is -6.00. The van der Waals surface area contributed by atoms with Crippen molar-refractivity contribution in [3.05, 3.63) is 166 Å². The maximum absolute atomic E-state index is 12.0. The van der Waals surface area contributed by atoms with Gasteiger partial charge in [-0.15, -0.1) is 0 Å². The summed E-state index contributed by atoms with van der Waals surface area (Å²) >= 11 is 0.